The van der Waals surface area contributed by atoms with Crippen LogP contribution in [0, 0.1) is 11.6 Å². The number of alkyl halides is 4. The van der Waals surface area contributed by atoms with E-state index in [0.29, 0.717) is 11.6 Å². The summed E-state index contributed by atoms with van der Waals surface area (Å²) in [7, 11) is -5.21. The molecule has 4 aromatic rings. The standard InChI is InChI=1S/C24H21F6N6O5P/c25-16-4-7-18(20(26)9-16)19(10-35-13-31-12-33-35)22(41-42(37,38)39)36-14-32-21(34-36)8-3-15-1-5-17(6-2-15)40-11-24(29,30)23(27)28/h1-9,12-14,19,22-23H,10-11H2,(H2,37,38,39). The highest BCUT2D eigenvalue weighted by molar-refractivity contribution is 7.46. The lowest BCUT2D eigenvalue weighted by atomic mass is 9.96. The maximum absolute atomic E-state index is 14.9. The molecule has 0 aliphatic heterocycles. The topological polar surface area (TPSA) is 137 Å². The molecule has 0 saturated carbocycles. The highest BCUT2D eigenvalue weighted by Gasteiger charge is 2.41. The van der Waals surface area contributed by atoms with Crippen molar-refractivity contribution in [3.63, 3.8) is 0 Å². The van der Waals surface area contributed by atoms with Crippen molar-refractivity contribution in [1.29, 1.82) is 0 Å². The summed E-state index contributed by atoms with van der Waals surface area (Å²) >= 11 is 0. The van der Waals surface area contributed by atoms with Gasteiger partial charge < -0.3 is 14.5 Å². The summed E-state index contributed by atoms with van der Waals surface area (Å²) in [5.41, 5.74) is 0.339. The number of hydrogen-bond acceptors (Lipinski definition) is 7. The van der Waals surface area contributed by atoms with E-state index in [4.69, 9.17) is 9.26 Å². The van der Waals surface area contributed by atoms with E-state index < -0.39 is 50.6 Å². The first-order chi connectivity index (χ1) is 19.8. The number of halogens is 6. The van der Waals surface area contributed by atoms with Crippen LogP contribution in [0.5, 0.6) is 5.75 Å². The molecule has 0 aliphatic rings. The molecular formula is C24H21F6N6O5P. The van der Waals surface area contributed by atoms with E-state index in [1.165, 1.54) is 53.8 Å². The van der Waals surface area contributed by atoms with Crippen LogP contribution in [0.4, 0.5) is 26.3 Å². The number of phosphoric acid groups is 1. The van der Waals surface area contributed by atoms with Gasteiger partial charge in [0.1, 0.15) is 36.4 Å². The van der Waals surface area contributed by atoms with E-state index in [1.807, 2.05) is 0 Å². The maximum atomic E-state index is 14.9. The lowest BCUT2D eigenvalue weighted by Gasteiger charge is -2.27. The van der Waals surface area contributed by atoms with Crippen LogP contribution in [-0.2, 0) is 15.6 Å². The molecule has 11 nitrogen and oxygen atoms in total. The summed E-state index contributed by atoms with van der Waals surface area (Å²) in [6, 6.07) is 8.11. The summed E-state index contributed by atoms with van der Waals surface area (Å²) in [5, 5.41) is 8.08. The molecule has 2 N–H and O–H groups in total. The fourth-order valence-corrected chi connectivity index (χ4v) is 4.22. The monoisotopic (exact) mass is 618 g/mol. The third-order valence-electron chi connectivity index (χ3n) is 5.64. The van der Waals surface area contributed by atoms with E-state index in [0.717, 1.165) is 23.1 Å². The molecule has 2 aromatic heterocycles. The quantitative estimate of drug-likeness (QED) is 0.162. The van der Waals surface area contributed by atoms with Crippen molar-refractivity contribution in [3.8, 4) is 5.75 Å². The summed E-state index contributed by atoms with van der Waals surface area (Å²) in [4.78, 5) is 27.1. The summed E-state index contributed by atoms with van der Waals surface area (Å²) in [6.45, 7) is -1.71. The third-order valence-corrected chi connectivity index (χ3v) is 6.13. The van der Waals surface area contributed by atoms with Crippen molar-refractivity contribution < 1.29 is 50.0 Å². The number of benzene rings is 2. The smallest absolute Gasteiger partial charge is 0.471 e. The molecule has 18 heteroatoms. The van der Waals surface area contributed by atoms with Crippen LogP contribution in [0.1, 0.15) is 29.1 Å². The van der Waals surface area contributed by atoms with Gasteiger partial charge in [0.15, 0.2) is 18.7 Å². The van der Waals surface area contributed by atoms with Gasteiger partial charge in [0, 0.05) is 6.07 Å². The van der Waals surface area contributed by atoms with Crippen molar-refractivity contribution in [3.05, 3.63) is 90.0 Å². The van der Waals surface area contributed by atoms with Gasteiger partial charge in [-0.3, -0.25) is 9.21 Å². The predicted molar refractivity (Wildman–Crippen MR) is 133 cm³/mol. The van der Waals surface area contributed by atoms with Gasteiger partial charge in [-0.25, -0.2) is 36.8 Å². The Morgan fingerprint density at radius 3 is 2.40 bits per heavy atom. The largest absolute Gasteiger partial charge is 0.487 e. The molecular weight excluding hydrogens is 597 g/mol. The van der Waals surface area contributed by atoms with Crippen molar-refractivity contribution in [1.82, 2.24) is 29.5 Å². The first kappa shape index (κ1) is 30.9. The van der Waals surface area contributed by atoms with Crippen LogP contribution in [0.25, 0.3) is 12.2 Å². The fraction of sp³-hybridized carbons (Fsp3) is 0.250. The van der Waals surface area contributed by atoms with Gasteiger partial charge in [0.25, 0.3) is 0 Å². The zero-order valence-corrected chi connectivity index (χ0v) is 22.0. The second-order valence-corrected chi connectivity index (χ2v) is 9.90. The molecule has 2 heterocycles. The fourth-order valence-electron chi connectivity index (χ4n) is 3.70. The van der Waals surface area contributed by atoms with Crippen LogP contribution in [0.15, 0.2) is 61.4 Å². The van der Waals surface area contributed by atoms with Crippen LogP contribution < -0.4 is 4.74 Å². The number of aromatic nitrogens is 6. The Morgan fingerprint density at radius 1 is 1.05 bits per heavy atom. The minimum absolute atomic E-state index is 0.0188. The molecule has 0 amide bonds. The van der Waals surface area contributed by atoms with Crippen molar-refractivity contribution in [2.75, 3.05) is 6.61 Å². The van der Waals surface area contributed by atoms with Gasteiger partial charge >= 0.3 is 20.2 Å². The van der Waals surface area contributed by atoms with E-state index in [1.54, 1.807) is 0 Å². The number of ether oxygens (including phenoxy) is 1. The minimum Gasteiger partial charge on any atom is -0.487 e. The molecule has 4 rings (SSSR count). The van der Waals surface area contributed by atoms with E-state index in [2.05, 4.69) is 20.2 Å². The van der Waals surface area contributed by atoms with Gasteiger partial charge in [0.05, 0.1) is 12.5 Å². The van der Waals surface area contributed by atoms with Crippen LogP contribution >= 0.6 is 7.82 Å². The van der Waals surface area contributed by atoms with E-state index >= 15 is 0 Å². The average Bonchev–Trinajstić information content (AvgIpc) is 3.61. The summed E-state index contributed by atoms with van der Waals surface area (Å²) < 4.78 is 103. The molecule has 0 saturated heterocycles. The zero-order chi connectivity index (χ0) is 30.5. The van der Waals surface area contributed by atoms with Gasteiger partial charge in [0.2, 0.25) is 0 Å². The normalized spacial score (nSPS) is 14.0. The highest BCUT2D eigenvalue weighted by atomic mass is 31.2. The van der Waals surface area contributed by atoms with Crippen LogP contribution in [-0.4, -0.2) is 58.3 Å². The zero-order valence-electron chi connectivity index (χ0n) is 21.1. The molecule has 2 unspecified atom stereocenters. The molecule has 0 aliphatic carbocycles. The van der Waals surface area contributed by atoms with Crippen LogP contribution in [0.3, 0.4) is 0 Å². The van der Waals surface area contributed by atoms with E-state index in [-0.39, 0.29) is 23.7 Å². The minimum atomic E-state index is -5.21. The molecule has 0 radical (unpaired) electrons. The number of phosphoric ester groups is 1. The molecule has 0 spiro atoms. The lowest BCUT2D eigenvalue weighted by Crippen LogP contribution is -2.33. The third kappa shape index (κ3) is 8.25. The van der Waals surface area contributed by atoms with Crippen molar-refractivity contribution in [2.45, 2.75) is 31.0 Å². The summed E-state index contributed by atoms with van der Waals surface area (Å²) in [6.07, 6.45) is 0.889. The second kappa shape index (κ2) is 12.9. The molecule has 224 valence electrons. The number of rotatable bonds is 13. The molecule has 2 atom stereocenters. The highest BCUT2D eigenvalue weighted by Crippen LogP contribution is 2.46. The Balaban J connectivity index is 1.57. The van der Waals surface area contributed by atoms with Gasteiger partial charge in [-0.15, -0.1) is 5.10 Å². The molecule has 0 fully saturated rings. The molecule has 0 bridgehead atoms. The lowest BCUT2D eigenvalue weighted by molar-refractivity contribution is -0.148. The van der Waals surface area contributed by atoms with Crippen molar-refractivity contribution >= 4 is 20.0 Å². The SMILES string of the molecule is O=P(O)(O)OC(C(Cn1cncn1)c1ccc(F)cc1F)n1cnc(C=Cc2ccc(OCC(F)(F)C(F)F)cc2)n1. The summed E-state index contributed by atoms with van der Waals surface area (Å²) in [5.74, 6) is -7.46. The number of hydrogen-bond donors (Lipinski definition) is 2. The van der Waals surface area contributed by atoms with Gasteiger partial charge in [-0.05, 0) is 35.4 Å². The van der Waals surface area contributed by atoms with E-state index in [9.17, 15) is 40.7 Å². The first-order valence-corrected chi connectivity index (χ1v) is 13.3. The van der Waals surface area contributed by atoms with Gasteiger partial charge in [-0.2, -0.15) is 13.9 Å². The number of nitrogens with zero attached hydrogens (tertiary/aromatic N) is 6. The second-order valence-electron chi connectivity index (χ2n) is 8.71. The Hall–Kier alpha value is -4.05. The Bertz CT molecular complexity index is 1550. The van der Waals surface area contributed by atoms with Crippen molar-refractivity contribution in [2.24, 2.45) is 0 Å². The first-order valence-electron chi connectivity index (χ1n) is 11.8. The van der Waals surface area contributed by atoms with Crippen LogP contribution in [0.2, 0.25) is 0 Å². The Morgan fingerprint density at radius 2 is 1.79 bits per heavy atom. The molecule has 42 heavy (non-hydrogen) atoms. The maximum Gasteiger partial charge on any atom is 0.471 e. The van der Waals surface area contributed by atoms with Gasteiger partial charge in [-0.1, -0.05) is 24.3 Å². The average molecular weight is 618 g/mol. The molecule has 2 aromatic carbocycles. The predicted octanol–water partition coefficient (Wildman–Crippen LogP) is 4.69. The Labute approximate surface area is 233 Å². The Kier molecular flexibility index (Phi) is 9.46.